The van der Waals surface area contributed by atoms with Crippen molar-refractivity contribution in [1.82, 2.24) is 0 Å². The number of phenols is 1. The summed E-state index contributed by atoms with van der Waals surface area (Å²) in [5, 5.41) is 9.25. The van der Waals surface area contributed by atoms with Gasteiger partial charge >= 0.3 is 0 Å². The number of benzene rings is 1. The number of hydrogen-bond acceptors (Lipinski definition) is 2. The monoisotopic (exact) mass is 265 g/mol. The van der Waals surface area contributed by atoms with Gasteiger partial charge in [0, 0.05) is 0 Å². The fourth-order valence-electron chi connectivity index (χ4n) is 1.12. The zero-order valence-electron chi connectivity index (χ0n) is 7.36. The van der Waals surface area contributed by atoms with Crippen LogP contribution in [0.4, 0.5) is 8.78 Å². The van der Waals surface area contributed by atoms with Gasteiger partial charge in [0.15, 0.2) is 11.6 Å². The summed E-state index contributed by atoms with van der Waals surface area (Å²) in [5.74, 6) is -2.91. The molecule has 0 bridgehead atoms. The average molecular weight is 266 g/mol. The minimum Gasteiger partial charge on any atom is -0.505 e. The Balaban J connectivity index is 3.06. The first-order valence-electron chi connectivity index (χ1n) is 4.13. The third-order valence-corrected chi connectivity index (χ3v) is 2.44. The molecule has 0 aliphatic rings. The molecule has 0 amide bonds. The molecule has 0 saturated carbocycles. The molecule has 2 nitrogen and oxygen atoms in total. The van der Waals surface area contributed by atoms with Crippen LogP contribution in [0.25, 0.3) is 0 Å². The molecule has 0 saturated heterocycles. The summed E-state index contributed by atoms with van der Waals surface area (Å²) in [6, 6.07) is 1.36. The highest BCUT2D eigenvalue weighted by Crippen LogP contribution is 2.30. The summed E-state index contributed by atoms with van der Waals surface area (Å²) in [6.07, 6.45) is 1.04. The summed E-state index contributed by atoms with van der Waals surface area (Å²) in [7, 11) is 0. The molecule has 78 valence electrons. The van der Waals surface area contributed by atoms with Crippen molar-refractivity contribution in [2.75, 3.05) is 6.54 Å². The summed E-state index contributed by atoms with van der Waals surface area (Å²) >= 11 is 2.87. The number of rotatable bonds is 3. The number of nitrogens with two attached hydrogens (primary N) is 1. The Kier molecular flexibility index (Phi) is 3.83. The number of phenolic OH excluding ortho intramolecular Hbond substituents is 1. The number of aryl methyl sites for hydroxylation is 1. The molecule has 0 atom stereocenters. The van der Waals surface area contributed by atoms with Crippen LogP contribution in [-0.2, 0) is 6.42 Å². The quantitative estimate of drug-likeness (QED) is 0.825. The second-order valence-corrected chi connectivity index (χ2v) is 3.74. The van der Waals surface area contributed by atoms with Gasteiger partial charge in [0.05, 0.1) is 4.47 Å². The van der Waals surface area contributed by atoms with Gasteiger partial charge in [-0.2, -0.15) is 4.39 Å². The number of hydrogen-bond donors (Lipinski definition) is 2. The lowest BCUT2D eigenvalue weighted by Crippen LogP contribution is -2.01. The molecule has 0 spiro atoms. The zero-order chi connectivity index (χ0) is 10.7. The Morgan fingerprint density at radius 3 is 2.57 bits per heavy atom. The fraction of sp³-hybridized carbons (Fsp3) is 0.333. The topological polar surface area (TPSA) is 46.2 Å². The molecule has 1 aromatic carbocycles. The van der Waals surface area contributed by atoms with Crippen LogP contribution in [0.1, 0.15) is 12.0 Å². The molecule has 1 aromatic rings. The first-order chi connectivity index (χ1) is 6.57. The number of halogens is 3. The first-order valence-corrected chi connectivity index (χ1v) is 4.92. The third kappa shape index (κ3) is 2.22. The van der Waals surface area contributed by atoms with Crippen LogP contribution >= 0.6 is 15.9 Å². The molecule has 0 aliphatic heterocycles. The summed E-state index contributed by atoms with van der Waals surface area (Å²) in [4.78, 5) is 0. The van der Waals surface area contributed by atoms with E-state index in [0.29, 0.717) is 24.9 Å². The maximum absolute atomic E-state index is 13.0. The molecule has 3 N–H and O–H groups in total. The maximum Gasteiger partial charge on any atom is 0.201 e. The van der Waals surface area contributed by atoms with E-state index >= 15 is 0 Å². The Labute approximate surface area is 88.9 Å². The van der Waals surface area contributed by atoms with E-state index in [9.17, 15) is 13.9 Å². The highest BCUT2D eigenvalue weighted by Gasteiger charge is 2.15. The highest BCUT2D eigenvalue weighted by molar-refractivity contribution is 9.10. The van der Waals surface area contributed by atoms with E-state index in [2.05, 4.69) is 15.9 Å². The van der Waals surface area contributed by atoms with E-state index in [-0.39, 0.29) is 4.47 Å². The Morgan fingerprint density at radius 2 is 2.00 bits per heavy atom. The summed E-state index contributed by atoms with van der Waals surface area (Å²) < 4.78 is 25.9. The van der Waals surface area contributed by atoms with Gasteiger partial charge in [-0.15, -0.1) is 0 Å². The Morgan fingerprint density at radius 1 is 1.36 bits per heavy atom. The van der Waals surface area contributed by atoms with Gasteiger partial charge in [0.2, 0.25) is 5.82 Å². The normalized spacial score (nSPS) is 10.6. The van der Waals surface area contributed by atoms with Gasteiger partial charge in [-0.1, -0.05) is 0 Å². The smallest absolute Gasteiger partial charge is 0.201 e. The summed E-state index contributed by atoms with van der Waals surface area (Å²) in [5.41, 5.74) is 5.63. The molecule has 0 radical (unpaired) electrons. The van der Waals surface area contributed by atoms with E-state index < -0.39 is 17.4 Å². The second kappa shape index (κ2) is 4.70. The predicted molar refractivity (Wildman–Crippen MR) is 53.1 cm³/mol. The van der Waals surface area contributed by atoms with Gasteiger partial charge < -0.3 is 10.8 Å². The van der Waals surface area contributed by atoms with Crippen molar-refractivity contribution in [3.63, 3.8) is 0 Å². The van der Waals surface area contributed by atoms with Crippen molar-refractivity contribution in [3.05, 3.63) is 27.7 Å². The molecular formula is C9H10BrF2NO. The fourth-order valence-corrected chi connectivity index (χ4v) is 1.57. The molecule has 0 unspecified atom stereocenters. The van der Waals surface area contributed by atoms with Crippen molar-refractivity contribution in [3.8, 4) is 5.75 Å². The Bertz CT molecular complexity index is 344. The number of aromatic hydroxyl groups is 1. The molecular weight excluding hydrogens is 256 g/mol. The molecule has 0 aliphatic carbocycles. The molecule has 0 heterocycles. The molecule has 0 aromatic heterocycles. The predicted octanol–water partition coefficient (Wildman–Crippen LogP) is 2.32. The van der Waals surface area contributed by atoms with Gasteiger partial charge in [-0.3, -0.25) is 0 Å². The van der Waals surface area contributed by atoms with E-state index in [1.807, 2.05) is 0 Å². The Hall–Kier alpha value is -0.680. The maximum atomic E-state index is 13.0. The van der Waals surface area contributed by atoms with Crippen LogP contribution < -0.4 is 5.73 Å². The van der Waals surface area contributed by atoms with Crippen LogP contribution in [0, 0.1) is 11.6 Å². The largest absolute Gasteiger partial charge is 0.505 e. The van der Waals surface area contributed by atoms with E-state index in [1.165, 1.54) is 6.07 Å². The molecule has 14 heavy (non-hydrogen) atoms. The van der Waals surface area contributed by atoms with Crippen LogP contribution in [0.3, 0.4) is 0 Å². The standard InChI is InChI=1S/C9H10BrF2NO/c10-6-4-5(2-1-3-13)9(14)8(12)7(6)11/h4,14H,1-3,13H2. The van der Waals surface area contributed by atoms with Crippen molar-refractivity contribution in [1.29, 1.82) is 0 Å². The van der Waals surface area contributed by atoms with Crippen LogP contribution in [0.2, 0.25) is 0 Å². The van der Waals surface area contributed by atoms with Gasteiger partial charge in [-0.25, -0.2) is 4.39 Å². The molecule has 0 fully saturated rings. The van der Waals surface area contributed by atoms with Crippen molar-refractivity contribution >= 4 is 15.9 Å². The van der Waals surface area contributed by atoms with Gasteiger partial charge in [-0.05, 0) is 46.9 Å². The van der Waals surface area contributed by atoms with Gasteiger partial charge in [0.1, 0.15) is 0 Å². The van der Waals surface area contributed by atoms with Gasteiger partial charge in [0.25, 0.3) is 0 Å². The van der Waals surface area contributed by atoms with Crippen LogP contribution in [-0.4, -0.2) is 11.7 Å². The lowest BCUT2D eigenvalue weighted by molar-refractivity contribution is 0.399. The summed E-state index contributed by atoms with van der Waals surface area (Å²) in [6.45, 7) is 0.441. The SMILES string of the molecule is NCCCc1cc(Br)c(F)c(F)c1O. The average Bonchev–Trinajstić information content (AvgIpc) is 2.18. The second-order valence-electron chi connectivity index (χ2n) is 2.89. The van der Waals surface area contributed by atoms with Crippen LogP contribution in [0.15, 0.2) is 10.5 Å². The minimum atomic E-state index is -1.22. The lowest BCUT2D eigenvalue weighted by Gasteiger charge is -2.06. The minimum absolute atomic E-state index is 0.0137. The first kappa shape index (κ1) is 11.4. The lowest BCUT2D eigenvalue weighted by atomic mass is 10.1. The van der Waals surface area contributed by atoms with E-state index in [1.54, 1.807) is 0 Å². The van der Waals surface area contributed by atoms with E-state index in [0.717, 1.165) is 0 Å². The molecule has 1 rings (SSSR count). The third-order valence-electron chi connectivity index (χ3n) is 1.87. The zero-order valence-corrected chi connectivity index (χ0v) is 8.94. The van der Waals surface area contributed by atoms with Crippen LogP contribution in [0.5, 0.6) is 5.75 Å². The van der Waals surface area contributed by atoms with Crippen molar-refractivity contribution in [2.24, 2.45) is 5.73 Å². The molecule has 5 heteroatoms. The van der Waals surface area contributed by atoms with E-state index in [4.69, 9.17) is 5.73 Å². The highest BCUT2D eigenvalue weighted by atomic mass is 79.9. The van der Waals surface area contributed by atoms with Crippen molar-refractivity contribution < 1.29 is 13.9 Å². The van der Waals surface area contributed by atoms with Crippen molar-refractivity contribution in [2.45, 2.75) is 12.8 Å².